The van der Waals surface area contributed by atoms with Crippen LogP contribution in [-0.2, 0) is 16.5 Å². The van der Waals surface area contributed by atoms with E-state index < -0.39 is 9.84 Å². The molecule has 0 radical (unpaired) electrons. The number of benzene rings is 2. The van der Waals surface area contributed by atoms with Gasteiger partial charge in [-0.25, -0.2) is 13.1 Å². The Kier molecular flexibility index (Phi) is 6.86. The van der Waals surface area contributed by atoms with Crippen molar-refractivity contribution in [1.82, 2.24) is 19.2 Å². The van der Waals surface area contributed by atoms with Crippen LogP contribution in [0.25, 0.3) is 17.1 Å². The standard InChI is InChI=1S/C23H27ClN4O2S2/c1-17(2)14-26(21-12-13-32(29,30)15-21)16-27-23(31)28(20-6-4-3-5-7-20)22(25-27)18-8-10-19(24)11-9-18/h3-11,17,21H,12-16H2,1-2H3. The fourth-order valence-corrected chi connectivity index (χ4v) is 6.30. The van der Waals surface area contributed by atoms with Crippen molar-refractivity contribution in [2.75, 3.05) is 18.1 Å². The molecule has 3 aromatic rings. The molecule has 1 atom stereocenters. The molecule has 1 saturated heterocycles. The van der Waals surface area contributed by atoms with E-state index in [0.717, 1.165) is 23.6 Å². The fraction of sp³-hybridized carbons (Fsp3) is 0.391. The molecule has 2 heterocycles. The van der Waals surface area contributed by atoms with Crippen LogP contribution in [0.1, 0.15) is 20.3 Å². The predicted molar refractivity (Wildman–Crippen MR) is 131 cm³/mol. The minimum atomic E-state index is -2.99. The number of nitrogens with zero attached hydrogens (tertiary/aromatic N) is 4. The lowest BCUT2D eigenvalue weighted by Gasteiger charge is -2.29. The topological polar surface area (TPSA) is 60.1 Å². The van der Waals surface area contributed by atoms with Gasteiger partial charge in [0.15, 0.2) is 15.7 Å². The number of sulfone groups is 1. The summed E-state index contributed by atoms with van der Waals surface area (Å²) >= 11 is 12.0. The maximum atomic E-state index is 12.1. The van der Waals surface area contributed by atoms with Crippen LogP contribution in [0.2, 0.25) is 5.02 Å². The molecule has 0 aliphatic carbocycles. The van der Waals surface area contributed by atoms with Gasteiger partial charge < -0.3 is 0 Å². The molecule has 9 heteroatoms. The Bertz CT molecular complexity index is 1240. The minimum Gasteiger partial charge on any atom is -0.280 e. The Labute approximate surface area is 199 Å². The molecule has 0 N–H and O–H groups in total. The van der Waals surface area contributed by atoms with Crippen molar-refractivity contribution in [3.63, 3.8) is 0 Å². The maximum Gasteiger partial charge on any atom is 0.204 e. The molecule has 0 spiro atoms. The Morgan fingerprint density at radius 3 is 2.44 bits per heavy atom. The summed E-state index contributed by atoms with van der Waals surface area (Å²) in [6, 6.07) is 17.4. The molecule has 0 bridgehead atoms. The number of para-hydroxylation sites is 1. The molecule has 2 aromatic carbocycles. The van der Waals surface area contributed by atoms with Gasteiger partial charge in [-0.15, -0.1) is 5.10 Å². The summed E-state index contributed by atoms with van der Waals surface area (Å²) in [5.41, 5.74) is 1.83. The highest BCUT2D eigenvalue weighted by Crippen LogP contribution is 2.25. The van der Waals surface area contributed by atoms with Gasteiger partial charge in [-0.1, -0.05) is 43.6 Å². The van der Waals surface area contributed by atoms with Crippen LogP contribution >= 0.6 is 23.8 Å². The molecule has 0 saturated carbocycles. The summed E-state index contributed by atoms with van der Waals surface area (Å²) in [7, 11) is -2.99. The number of hydrogen-bond donors (Lipinski definition) is 0. The highest BCUT2D eigenvalue weighted by atomic mass is 35.5. The summed E-state index contributed by atoms with van der Waals surface area (Å²) in [5.74, 6) is 1.55. The molecule has 1 fully saturated rings. The van der Waals surface area contributed by atoms with Gasteiger partial charge in [0.05, 0.1) is 18.2 Å². The largest absolute Gasteiger partial charge is 0.280 e. The van der Waals surface area contributed by atoms with E-state index in [-0.39, 0.29) is 17.5 Å². The second-order valence-electron chi connectivity index (χ2n) is 8.65. The van der Waals surface area contributed by atoms with Crippen LogP contribution < -0.4 is 0 Å². The minimum absolute atomic E-state index is 0.0230. The third-order valence-corrected chi connectivity index (χ3v) is 7.99. The zero-order valence-electron chi connectivity index (χ0n) is 18.2. The highest BCUT2D eigenvalue weighted by molar-refractivity contribution is 7.91. The summed E-state index contributed by atoms with van der Waals surface area (Å²) < 4.78 is 28.6. The summed E-state index contributed by atoms with van der Waals surface area (Å²) in [6.07, 6.45) is 0.645. The number of aromatic nitrogens is 3. The lowest BCUT2D eigenvalue weighted by Crippen LogP contribution is -2.40. The van der Waals surface area contributed by atoms with Gasteiger partial charge in [-0.3, -0.25) is 9.47 Å². The molecule has 4 rings (SSSR count). The van der Waals surface area contributed by atoms with Crippen molar-refractivity contribution >= 4 is 33.7 Å². The van der Waals surface area contributed by atoms with Crippen LogP contribution in [0.3, 0.4) is 0 Å². The first-order chi connectivity index (χ1) is 15.2. The lowest BCUT2D eigenvalue weighted by molar-refractivity contribution is 0.137. The fourth-order valence-electron chi connectivity index (χ4n) is 4.12. The molecular weight excluding hydrogens is 464 g/mol. The van der Waals surface area contributed by atoms with Gasteiger partial charge in [0.25, 0.3) is 0 Å². The van der Waals surface area contributed by atoms with E-state index in [1.165, 1.54) is 0 Å². The average Bonchev–Trinajstić information content (AvgIpc) is 3.27. The van der Waals surface area contributed by atoms with Gasteiger partial charge in [0.1, 0.15) is 0 Å². The number of halogens is 1. The molecule has 170 valence electrons. The smallest absolute Gasteiger partial charge is 0.204 e. The Hall–Kier alpha value is -2.00. The maximum absolute atomic E-state index is 12.1. The third kappa shape index (κ3) is 5.14. The first-order valence-electron chi connectivity index (χ1n) is 10.7. The third-order valence-electron chi connectivity index (χ3n) is 5.60. The van der Waals surface area contributed by atoms with Gasteiger partial charge in [-0.2, -0.15) is 0 Å². The normalized spacial score (nSPS) is 18.0. The Balaban J connectivity index is 1.76. The second kappa shape index (κ2) is 9.47. The van der Waals surface area contributed by atoms with E-state index in [9.17, 15) is 8.42 Å². The predicted octanol–water partition coefficient (Wildman–Crippen LogP) is 4.83. The van der Waals surface area contributed by atoms with Crippen LogP contribution in [0.15, 0.2) is 54.6 Å². The van der Waals surface area contributed by atoms with Gasteiger partial charge >= 0.3 is 0 Å². The molecule has 32 heavy (non-hydrogen) atoms. The Morgan fingerprint density at radius 2 is 1.84 bits per heavy atom. The summed E-state index contributed by atoms with van der Waals surface area (Å²) in [4.78, 5) is 2.21. The van der Waals surface area contributed by atoms with Crippen molar-refractivity contribution in [2.24, 2.45) is 5.92 Å². The van der Waals surface area contributed by atoms with Crippen LogP contribution in [0.4, 0.5) is 0 Å². The van der Waals surface area contributed by atoms with Crippen LogP contribution in [-0.4, -0.2) is 51.8 Å². The number of rotatable bonds is 7. The van der Waals surface area contributed by atoms with E-state index in [2.05, 4.69) is 18.7 Å². The molecule has 6 nitrogen and oxygen atoms in total. The van der Waals surface area contributed by atoms with E-state index in [1.54, 1.807) is 4.68 Å². The van der Waals surface area contributed by atoms with E-state index in [4.69, 9.17) is 28.9 Å². The molecule has 1 aliphatic heterocycles. The first-order valence-corrected chi connectivity index (χ1v) is 13.3. The molecular formula is C23H27ClN4O2S2. The first kappa shape index (κ1) is 23.2. The summed E-state index contributed by atoms with van der Waals surface area (Å²) in [6.45, 7) is 5.49. The monoisotopic (exact) mass is 490 g/mol. The quantitative estimate of drug-likeness (QED) is 0.444. The second-order valence-corrected chi connectivity index (χ2v) is 11.7. The Morgan fingerprint density at radius 1 is 1.16 bits per heavy atom. The van der Waals surface area contributed by atoms with Crippen LogP contribution in [0, 0.1) is 10.7 Å². The highest BCUT2D eigenvalue weighted by Gasteiger charge is 2.33. The SMILES string of the molecule is CC(C)CN(Cn1nc(-c2ccc(Cl)cc2)n(-c2ccccc2)c1=S)C1CCS(=O)(=O)C1. The van der Waals surface area contributed by atoms with Gasteiger partial charge in [0.2, 0.25) is 4.77 Å². The van der Waals surface area contributed by atoms with E-state index in [1.807, 2.05) is 59.2 Å². The molecule has 0 amide bonds. The van der Waals surface area contributed by atoms with Gasteiger partial charge in [0, 0.05) is 28.9 Å². The van der Waals surface area contributed by atoms with Crippen LogP contribution in [0.5, 0.6) is 0 Å². The molecule has 1 aromatic heterocycles. The van der Waals surface area contributed by atoms with Crippen molar-refractivity contribution in [3.05, 3.63) is 64.4 Å². The number of hydrogen-bond acceptors (Lipinski definition) is 5. The zero-order valence-corrected chi connectivity index (χ0v) is 20.6. The molecule has 1 aliphatic rings. The van der Waals surface area contributed by atoms with Crippen molar-refractivity contribution in [1.29, 1.82) is 0 Å². The lowest BCUT2D eigenvalue weighted by atomic mass is 10.1. The van der Waals surface area contributed by atoms with E-state index in [0.29, 0.717) is 28.8 Å². The molecule has 1 unspecified atom stereocenters. The van der Waals surface area contributed by atoms with Crippen molar-refractivity contribution < 1.29 is 8.42 Å². The van der Waals surface area contributed by atoms with Crippen molar-refractivity contribution in [3.8, 4) is 17.1 Å². The zero-order chi connectivity index (χ0) is 22.9. The van der Waals surface area contributed by atoms with E-state index >= 15 is 0 Å². The van der Waals surface area contributed by atoms with Crippen molar-refractivity contribution in [2.45, 2.75) is 33.0 Å². The van der Waals surface area contributed by atoms with Gasteiger partial charge in [-0.05, 0) is 61.0 Å². The summed E-state index contributed by atoms with van der Waals surface area (Å²) in [5, 5.41) is 5.54. The average molecular weight is 491 g/mol.